The zero-order chi connectivity index (χ0) is 18.6. The average Bonchev–Trinajstić information content (AvgIpc) is 3.11. The minimum absolute atomic E-state index is 0.0870. The smallest absolute Gasteiger partial charge is 0.180 e. The summed E-state index contributed by atoms with van der Waals surface area (Å²) in [5.74, 6) is 0. The van der Waals surface area contributed by atoms with Gasteiger partial charge in [0.2, 0.25) is 0 Å². The zero-order valence-electron chi connectivity index (χ0n) is 14.8. The molecule has 1 atom stereocenters. The van der Waals surface area contributed by atoms with Crippen molar-refractivity contribution in [1.82, 2.24) is 9.88 Å². The first-order valence-electron chi connectivity index (χ1n) is 8.95. The molecule has 27 heavy (non-hydrogen) atoms. The molecule has 2 aromatic carbocycles. The molecule has 3 aromatic rings. The van der Waals surface area contributed by atoms with Crippen molar-refractivity contribution in [2.24, 2.45) is 0 Å². The third-order valence-electron chi connectivity index (χ3n) is 5.07. The highest BCUT2D eigenvalue weighted by Gasteiger charge is 2.31. The van der Waals surface area contributed by atoms with Gasteiger partial charge in [-0.2, -0.15) is 10.5 Å². The SMILES string of the molecule is N#Cc1ccc(C2c3cc(CCc4cccnc4)ccc3CN2C#N)cc1. The van der Waals surface area contributed by atoms with Crippen LogP contribution in [0.15, 0.2) is 67.0 Å². The Kier molecular flexibility index (Phi) is 4.56. The highest BCUT2D eigenvalue weighted by molar-refractivity contribution is 5.45. The van der Waals surface area contributed by atoms with Crippen LogP contribution in [0.5, 0.6) is 0 Å². The number of rotatable bonds is 4. The molecule has 1 aliphatic heterocycles. The van der Waals surface area contributed by atoms with Crippen LogP contribution in [-0.2, 0) is 19.4 Å². The minimum atomic E-state index is -0.0870. The van der Waals surface area contributed by atoms with Gasteiger partial charge in [-0.25, -0.2) is 0 Å². The molecule has 130 valence electrons. The molecule has 0 saturated heterocycles. The van der Waals surface area contributed by atoms with Crippen LogP contribution < -0.4 is 0 Å². The van der Waals surface area contributed by atoms with Gasteiger partial charge in [0, 0.05) is 12.4 Å². The standard InChI is InChI=1S/C23H18N4/c24-13-18-6-8-20(9-7-18)23-22-12-17(3-4-19-2-1-11-26-14-19)5-10-21(22)15-27(23)16-25/h1-2,5-12,14,23H,3-4,15H2. The van der Waals surface area contributed by atoms with Gasteiger partial charge in [-0.1, -0.05) is 36.4 Å². The van der Waals surface area contributed by atoms with E-state index in [0.717, 1.165) is 18.4 Å². The number of nitriles is 2. The molecular weight excluding hydrogens is 332 g/mol. The first-order chi connectivity index (χ1) is 13.3. The average molecular weight is 350 g/mol. The van der Waals surface area contributed by atoms with Crippen molar-refractivity contribution in [3.05, 3.63) is 100 Å². The molecule has 2 heterocycles. The van der Waals surface area contributed by atoms with Crippen LogP contribution in [0.25, 0.3) is 0 Å². The van der Waals surface area contributed by atoms with E-state index < -0.39 is 0 Å². The van der Waals surface area contributed by atoms with Crippen molar-refractivity contribution in [2.45, 2.75) is 25.4 Å². The van der Waals surface area contributed by atoms with E-state index in [9.17, 15) is 5.26 Å². The van der Waals surface area contributed by atoms with Crippen molar-refractivity contribution in [3.63, 3.8) is 0 Å². The number of hydrogen-bond donors (Lipinski definition) is 0. The maximum absolute atomic E-state index is 9.61. The molecular formula is C23H18N4. The van der Waals surface area contributed by atoms with Gasteiger partial charge in [0.05, 0.1) is 24.2 Å². The number of aromatic nitrogens is 1. The Balaban J connectivity index is 1.62. The number of benzene rings is 2. The number of aryl methyl sites for hydroxylation is 2. The van der Waals surface area contributed by atoms with Crippen LogP contribution in [0.3, 0.4) is 0 Å². The molecule has 1 aliphatic rings. The number of nitrogens with zero attached hydrogens (tertiary/aromatic N) is 4. The molecule has 0 bridgehead atoms. The van der Waals surface area contributed by atoms with Crippen molar-refractivity contribution >= 4 is 0 Å². The van der Waals surface area contributed by atoms with Gasteiger partial charge in [0.15, 0.2) is 6.19 Å². The van der Waals surface area contributed by atoms with E-state index >= 15 is 0 Å². The van der Waals surface area contributed by atoms with Crippen molar-refractivity contribution in [2.75, 3.05) is 0 Å². The van der Waals surface area contributed by atoms with E-state index in [1.165, 1.54) is 22.3 Å². The maximum atomic E-state index is 9.61. The summed E-state index contributed by atoms with van der Waals surface area (Å²) in [7, 11) is 0. The largest absolute Gasteiger partial charge is 0.294 e. The summed E-state index contributed by atoms with van der Waals surface area (Å²) in [6, 6.07) is 20.2. The summed E-state index contributed by atoms with van der Waals surface area (Å²) in [6.45, 7) is 0.624. The van der Waals surface area contributed by atoms with Gasteiger partial charge >= 0.3 is 0 Å². The predicted molar refractivity (Wildman–Crippen MR) is 102 cm³/mol. The second-order valence-corrected chi connectivity index (χ2v) is 6.76. The van der Waals surface area contributed by atoms with Gasteiger partial charge < -0.3 is 0 Å². The Morgan fingerprint density at radius 3 is 2.52 bits per heavy atom. The number of fused-ring (bicyclic) bond motifs is 1. The molecule has 0 aliphatic carbocycles. The van der Waals surface area contributed by atoms with E-state index in [0.29, 0.717) is 12.1 Å². The highest BCUT2D eigenvalue weighted by Crippen LogP contribution is 2.38. The molecule has 0 N–H and O–H groups in total. The second kappa shape index (κ2) is 7.32. The summed E-state index contributed by atoms with van der Waals surface area (Å²) >= 11 is 0. The zero-order valence-corrected chi connectivity index (χ0v) is 14.8. The number of hydrogen-bond acceptors (Lipinski definition) is 4. The van der Waals surface area contributed by atoms with Gasteiger partial charge in [-0.15, -0.1) is 0 Å². The normalized spacial score (nSPS) is 15.0. The monoisotopic (exact) mass is 350 g/mol. The van der Waals surface area contributed by atoms with E-state index in [-0.39, 0.29) is 6.04 Å². The Labute approximate surface area is 158 Å². The fraction of sp³-hybridized carbons (Fsp3) is 0.174. The molecule has 1 unspecified atom stereocenters. The quantitative estimate of drug-likeness (QED) is 0.664. The highest BCUT2D eigenvalue weighted by atomic mass is 15.2. The topological polar surface area (TPSA) is 63.7 Å². The number of pyridine rings is 1. The summed E-state index contributed by atoms with van der Waals surface area (Å²) in [4.78, 5) is 5.98. The lowest BCUT2D eigenvalue weighted by Crippen LogP contribution is -2.17. The van der Waals surface area contributed by atoms with E-state index in [1.807, 2.05) is 36.5 Å². The Bertz CT molecular complexity index is 1030. The van der Waals surface area contributed by atoms with Crippen molar-refractivity contribution in [3.8, 4) is 12.3 Å². The van der Waals surface area contributed by atoms with Gasteiger partial charge in [0.25, 0.3) is 0 Å². The third-order valence-corrected chi connectivity index (χ3v) is 5.07. The van der Waals surface area contributed by atoms with E-state index in [1.54, 1.807) is 11.1 Å². The summed E-state index contributed by atoms with van der Waals surface area (Å²) in [5, 5.41) is 18.6. The summed E-state index contributed by atoms with van der Waals surface area (Å²) < 4.78 is 0. The lowest BCUT2D eigenvalue weighted by Gasteiger charge is -2.20. The molecule has 0 amide bonds. The van der Waals surface area contributed by atoms with Crippen LogP contribution in [-0.4, -0.2) is 9.88 Å². The van der Waals surface area contributed by atoms with Crippen molar-refractivity contribution < 1.29 is 0 Å². The van der Waals surface area contributed by atoms with Gasteiger partial charge in [-0.05, 0) is 58.9 Å². The van der Waals surface area contributed by atoms with Crippen LogP contribution >= 0.6 is 0 Å². The lowest BCUT2D eigenvalue weighted by molar-refractivity contribution is 0.362. The van der Waals surface area contributed by atoms with Gasteiger partial charge in [0.1, 0.15) is 0 Å². The van der Waals surface area contributed by atoms with Crippen LogP contribution in [0.2, 0.25) is 0 Å². The maximum Gasteiger partial charge on any atom is 0.180 e. The van der Waals surface area contributed by atoms with Crippen LogP contribution in [0.1, 0.15) is 39.4 Å². The molecule has 0 radical (unpaired) electrons. The molecule has 0 saturated carbocycles. The first kappa shape index (κ1) is 16.8. The van der Waals surface area contributed by atoms with E-state index in [2.05, 4.69) is 41.5 Å². The molecule has 1 aromatic heterocycles. The minimum Gasteiger partial charge on any atom is -0.294 e. The summed E-state index contributed by atoms with van der Waals surface area (Å²) in [5.41, 5.74) is 6.53. The third kappa shape index (κ3) is 3.38. The first-order valence-corrected chi connectivity index (χ1v) is 8.95. The fourth-order valence-corrected chi connectivity index (χ4v) is 3.67. The summed E-state index contributed by atoms with van der Waals surface area (Å²) in [6.07, 6.45) is 7.90. The van der Waals surface area contributed by atoms with Gasteiger partial charge in [-0.3, -0.25) is 9.88 Å². The molecule has 0 fully saturated rings. The Morgan fingerprint density at radius 1 is 1.00 bits per heavy atom. The van der Waals surface area contributed by atoms with E-state index in [4.69, 9.17) is 5.26 Å². The molecule has 4 heteroatoms. The van der Waals surface area contributed by atoms with Crippen molar-refractivity contribution in [1.29, 1.82) is 10.5 Å². The Hall–Kier alpha value is -3.63. The molecule has 4 nitrogen and oxygen atoms in total. The Morgan fingerprint density at radius 2 is 1.81 bits per heavy atom. The lowest BCUT2D eigenvalue weighted by atomic mass is 9.94. The molecule has 4 rings (SSSR count). The van der Waals surface area contributed by atoms with Crippen LogP contribution in [0.4, 0.5) is 0 Å². The molecule has 0 spiro atoms. The fourth-order valence-electron chi connectivity index (χ4n) is 3.67. The van der Waals surface area contributed by atoms with Crippen LogP contribution in [0, 0.1) is 22.8 Å². The second-order valence-electron chi connectivity index (χ2n) is 6.76. The predicted octanol–water partition coefficient (Wildman–Crippen LogP) is 4.12.